The minimum absolute atomic E-state index is 0.0135. The van der Waals surface area contributed by atoms with E-state index in [1.165, 1.54) is 4.31 Å². The first-order valence-electron chi connectivity index (χ1n) is 8.98. The number of carbonyl (C=O) groups excluding carboxylic acids is 1. The summed E-state index contributed by atoms with van der Waals surface area (Å²) in [5, 5.41) is 2.86. The van der Waals surface area contributed by atoms with Gasteiger partial charge in [0.15, 0.2) is 6.10 Å². The van der Waals surface area contributed by atoms with Gasteiger partial charge in [-0.15, -0.1) is 0 Å². The van der Waals surface area contributed by atoms with Crippen molar-refractivity contribution in [1.82, 2.24) is 5.32 Å². The summed E-state index contributed by atoms with van der Waals surface area (Å²) in [5.74, 6) is 0.0618. The van der Waals surface area contributed by atoms with Crippen molar-refractivity contribution >= 4 is 21.6 Å². The summed E-state index contributed by atoms with van der Waals surface area (Å²) < 4.78 is 33.6. The number of carbonyl (C=O) groups is 1. The van der Waals surface area contributed by atoms with Crippen molar-refractivity contribution in [2.45, 2.75) is 44.2 Å². The van der Waals surface area contributed by atoms with Crippen LogP contribution in [0.3, 0.4) is 0 Å². The normalized spacial score (nSPS) is 17.6. The van der Waals surface area contributed by atoms with Gasteiger partial charge in [-0.05, 0) is 44.5 Å². The zero-order valence-electron chi connectivity index (χ0n) is 15.7. The predicted molar refractivity (Wildman–Crippen MR) is 104 cm³/mol. The van der Waals surface area contributed by atoms with E-state index in [0.29, 0.717) is 11.4 Å². The number of nitrogens with zero attached hydrogens (tertiary/aromatic N) is 1. The molecule has 6 nitrogen and oxygen atoms in total. The molecule has 0 aliphatic carbocycles. The van der Waals surface area contributed by atoms with E-state index in [1.807, 2.05) is 20.8 Å². The van der Waals surface area contributed by atoms with Gasteiger partial charge in [-0.25, -0.2) is 8.42 Å². The molecular weight excluding hydrogens is 364 g/mol. The molecule has 3 rings (SSSR count). The largest absolute Gasteiger partial charge is 0.476 e. The Hall–Kier alpha value is -2.54. The second kappa shape index (κ2) is 7.60. The number of anilines is 1. The first-order valence-corrected chi connectivity index (χ1v) is 10.4. The van der Waals surface area contributed by atoms with Gasteiger partial charge >= 0.3 is 0 Å². The molecule has 0 spiro atoms. The van der Waals surface area contributed by atoms with Crippen molar-refractivity contribution in [3.8, 4) is 5.75 Å². The summed E-state index contributed by atoms with van der Waals surface area (Å²) in [5.41, 5.74) is 1.41. The fourth-order valence-electron chi connectivity index (χ4n) is 2.84. The number of sulfonamides is 1. The fraction of sp³-hybridized carbons (Fsp3) is 0.350. The van der Waals surface area contributed by atoms with Gasteiger partial charge in [-0.3, -0.25) is 9.10 Å². The van der Waals surface area contributed by atoms with Crippen LogP contribution in [0.25, 0.3) is 0 Å². The van der Waals surface area contributed by atoms with Gasteiger partial charge in [0.1, 0.15) is 5.75 Å². The number of fused-ring (bicyclic) bond motifs is 1. The van der Waals surface area contributed by atoms with Crippen molar-refractivity contribution in [3.05, 3.63) is 54.1 Å². The van der Waals surface area contributed by atoms with Crippen LogP contribution in [0, 0.1) is 6.92 Å². The molecule has 27 heavy (non-hydrogen) atoms. The van der Waals surface area contributed by atoms with Gasteiger partial charge in [0.05, 0.1) is 17.1 Å². The number of ether oxygens (including phenoxy) is 1. The van der Waals surface area contributed by atoms with Gasteiger partial charge < -0.3 is 10.1 Å². The van der Waals surface area contributed by atoms with Crippen molar-refractivity contribution in [3.63, 3.8) is 0 Å². The lowest BCUT2D eigenvalue weighted by atomic mass is 10.2. The van der Waals surface area contributed by atoms with Crippen molar-refractivity contribution in [1.29, 1.82) is 0 Å². The standard InChI is InChI=1S/C20H24N2O4S/c1-4-15(3)21-20(23)19-13-22(17-7-5-6-8-18(17)26-19)27(24,25)16-11-9-14(2)10-12-16/h5-12,15,19H,4,13H2,1-3H3,(H,21,23)/t15-,19+/m1/s1. The molecule has 2 aromatic rings. The number of hydrogen-bond donors (Lipinski definition) is 1. The summed E-state index contributed by atoms with van der Waals surface area (Å²) in [4.78, 5) is 12.8. The minimum Gasteiger partial charge on any atom is -0.476 e. The van der Waals surface area contributed by atoms with Gasteiger partial charge in [0.2, 0.25) is 0 Å². The molecule has 7 heteroatoms. The number of para-hydroxylation sites is 2. The molecule has 0 aromatic heterocycles. The summed E-state index contributed by atoms with van der Waals surface area (Å²) in [6.07, 6.45) is -0.130. The van der Waals surface area contributed by atoms with Crippen molar-refractivity contribution in [2.24, 2.45) is 0 Å². The Bertz CT molecular complexity index is 925. The zero-order valence-corrected chi connectivity index (χ0v) is 16.5. The van der Waals surface area contributed by atoms with Gasteiger partial charge in [-0.1, -0.05) is 36.8 Å². The quantitative estimate of drug-likeness (QED) is 0.855. The van der Waals surface area contributed by atoms with Crippen LogP contribution in [-0.4, -0.2) is 33.0 Å². The van der Waals surface area contributed by atoms with Crippen molar-refractivity contribution in [2.75, 3.05) is 10.8 Å². The molecule has 1 aliphatic rings. The van der Waals surface area contributed by atoms with Crippen LogP contribution < -0.4 is 14.4 Å². The minimum atomic E-state index is -3.82. The monoisotopic (exact) mass is 388 g/mol. The van der Waals surface area contributed by atoms with Crippen LogP contribution in [0.15, 0.2) is 53.4 Å². The molecule has 0 bridgehead atoms. The number of aryl methyl sites for hydroxylation is 1. The Balaban J connectivity index is 1.98. The number of benzene rings is 2. The molecule has 1 aliphatic heterocycles. The highest BCUT2D eigenvalue weighted by molar-refractivity contribution is 7.92. The number of hydrogen-bond acceptors (Lipinski definition) is 4. The first-order chi connectivity index (χ1) is 12.8. The van der Waals surface area contributed by atoms with E-state index in [9.17, 15) is 13.2 Å². The SMILES string of the molecule is CC[C@@H](C)NC(=O)[C@@H]1CN(S(=O)(=O)c2ccc(C)cc2)c2ccccc2O1. The molecular formula is C20H24N2O4S. The third-order valence-electron chi connectivity index (χ3n) is 4.64. The van der Waals surface area contributed by atoms with Crippen LogP contribution in [0.1, 0.15) is 25.8 Å². The molecule has 1 N–H and O–H groups in total. The van der Waals surface area contributed by atoms with E-state index in [4.69, 9.17) is 4.74 Å². The van der Waals surface area contributed by atoms with E-state index in [2.05, 4.69) is 5.32 Å². The van der Waals surface area contributed by atoms with Crippen molar-refractivity contribution < 1.29 is 17.9 Å². The Morgan fingerprint density at radius 1 is 1.22 bits per heavy atom. The second-order valence-electron chi connectivity index (χ2n) is 6.74. The smallest absolute Gasteiger partial charge is 0.264 e. The summed E-state index contributed by atoms with van der Waals surface area (Å²) in [6.45, 7) is 5.69. The number of amides is 1. The molecule has 2 aromatic carbocycles. The van der Waals surface area contributed by atoms with Crippen LogP contribution in [0.2, 0.25) is 0 Å². The number of nitrogens with one attached hydrogen (secondary N) is 1. The molecule has 0 unspecified atom stereocenters. The maximum Gasteiger partial charge on any atom is 0.264 e. The maximum atomic E-state index is 13.2. The molecule has 2 atom stereocenters. The van der Waals surface area contributed by atoms with Crippen LogP contribution in [0.5, 0.6) is 5.75 Å². The van der Waals surface area contributed by atoms with E-state index in [1.54, 1.807) is 48.5 Å². The molecule has 1 amide bonds. The van der Waals surface area contributed by atoms with E-state index < -0.39 is 16.1 Å². The molecule has 1 heterocycles. The highest BCUT2D eigenvalue weighted by Crippen LogP contribution is 2.36. The van der Waals surface area contributed by atoms with Gasteiger partial charge in [-0.2, -0.15) is 0 Å². The molecule has 0 fully saturated rings. The lowest BCUT2D eigenvalue weighted by Crippen LogP contribution is -2.52. The zero-order chi connectivity index (χ0) is 19.6. The predicted octanol–water partition coefficient (Wildman–Crippen LogP) is 2.87. The second-order valence-corrected chi connectivity index (χ2v) is 8.60. The molecule has 0 saturated carbocycles. The summed E-state index contributed by atoms with van der Waals surface area (Å²) in [7, 11) is -3.82. The van der Waals surface area contributed by atoms with Crippen LogP contribution in [-0.2, 0) is 14.8 Å². The topological polar surface area (TPSA) is 75.7 Å². The average molecular weight is 388 g/mol. The highest BCUT2D eigenvalue weighted by atomic mass is 32.2. The third kappa shape index (κ3) is 3.93. The maximum absolute atomic E-state index is 13.2. The lowest BCUT2D eigenvalue weighted by Gasteiger charge is -2.35. The highest BCUT2D eigenvalue weighted by Gasteiger charge is 2.37. The Kier molecular flexibility index (Phi) is 5.41. The summed E-state index contributed by atoms with van der Waals surface area (Å²) >= 11 is 0. The molecule has 0 radical (unpaired) electrons. The molecule has 0 saturated heterocycles. The Morgan fingerprint density at radius 3 is 2.56 bits per heavy atom. The van der Waals surface area contributed by atoms with E-state index in [-0.39, 0.29) is 23.4 Å². The molecule has 144 valence electrons. The fourth-order valence-corrected chi connectivity index (χ4v) is 4.32. The summed E-state index contributed by atoms with van der Waals surface area (Å²) in [6, 6.07) is 13.5. The van der Waals surface area contributed by atoms with Gasteiger partial charge in [0.25, 0.3) is 15.9 Å². The lowest BCUT2D eigenvalue weighted by molar-refractivity contribution is -0.128. The Morgan fingerprint density at radius 2 is 1.89 bits per heavy atom. The van der Waals surface area contributed by atoms with E-state index >= 15 is 0 Å². The van der Waals surface area contributed by atoms with E-state index in [0.717, 1.165) is 12.0 Å². The first kappa shape index (κ1) is 19.2. The van der Waals surface area contributed by atoms with Crippen LogP contribution in [0.4, 0.5) is 5.69 Å². The van der Waals surface area contributed by atoms with Gasteiger partial charge in [0, 0.05) is 6.04 Å². The third-order valence-corrected chi connectivity index (χ3v) is 6.43. The van der Waals surface area contributed by atoms with Crippen LogP contribution >= 0.6 is 0 Å². The Labute approximate surface area is 160 Å². The number of rotatable bonds is 5. The average Bonchev–Trinajstić information content (AvgIpc) is 2.67.